The molecule has 0 fully saturated rings. The van der Waals surface area contributed by atoms with Crippen molar-refractivity contribution in [3.05, 3.63) is 60.4 Å². The molecule has 0 radical (unpaired) electrons. The molecule has 0 heterocycles. The van der Waals surface area contributed by atoms with Crippen LogP contribution in [0.1, 0.15) is 28.4 Å². The minimum Gasteiger partial charge on any atom is -0.496 e. The highest BCUT2D eigenvalue weighted by molar-refractivity contribution is 14.1. The van der Waals surface area contributed by atoms with Gasteiger partial charge in [0.25, 0.3) is 0 Å². The van der Waals surface area contributed by atoms with Crippen LogP contribution >= 0.6 is 38.5 Å². The second-order valence-corrected chi connectivity index (χ2v) is 6.83. The summed E-state index contributed by atoms with van der Waals surface area (Å²) in [6.45, 7) is 3.84. The quantitative estimate of drug-likeness (QED) is 0.654. The fourth-order valence-electron chi connectivity index (χ4n) is 2.35. The molecule has 0 saturated heterocycles. The third-order valence-electron chi connectivity index (χ3n) is 3.44. The second-order valence-electron chi connectivity index (χ2n) is 4.82. The Morgan fingerprint density at radius 3 is 2.52 bits per heavy atom. The number of hydrogen-bond acceptors (Lipinski definition) is 2. The van der Waals surface area contributed by atoms with Crippen molar-refractivity contribution in [3.63, 3.8) is 0 Å². The third-order valence-corrected chi connectivity index (χ3v) is 5.20. The van der Waals surface area contributed by atoms with E-state index < -0.39 is 6.10 Å². The smallest absolute Gasteiger partial charge is 0.128 e. The SMILES string of the molecule is COc1c(C)cc(Br)c(C)c1C(O)c1ccc(F)cc1I. The van der Waals surface area contributed by atoms with Gasteiger partial charge < -0.3 is 9.84 Å². The molecule has 0 saturated carbocycles. The van der Waals surface area contributed by atoms with E-state index in [4.69, 9.17) is 4.74 Å². The zero-order valence-corrected chi connectivity index (χ0v) is 15.6. The summed E-state index contributed by atoms with van der Waals surface area (Å²) in [6, 6.07) is 6.33. The summed E-state index contributed by atoms with van der Waals surface area (Å²) < 4.78 is 20.3. The lowest BCUT2D eigenvalue weighted by molar-refractivity contribution is 0.212. The molecule has 0 amide bonds. The lowest BCUT2D eigenvalue weighted by Crippen LogP contribution is -2.08. The highest BCUT2D eigenvalue weighted by atomic mass is 127. The standard InChI is InChI=1S/C16H15BrFIO2/c1-8-6-12(17)9(2)14(16(8)21-3)15(20)11-5-4-10(18)7-13(11)19/h4-7,15,20H,1-3H3. The van der Waals surface area contributed by atoms with Gasteiger partial charge in [-0.05, 0) is 71.3 Å². The van der Waals surface area contributed by atoms with Gasteiger partial charge in [-0.2, -0.15) is 0 Å². The van der Waals surface area contributed by atoms with Crippen LogP contribution in [-0.4, -0.2) is 12.2 Å². The molecule has 0 bridgehead atoms. The number of aliphatic hydroxyl groups is 1. The molecule has 5 heteroatoms. The first kappa shape index (κ1) is 16.7. The largest absolute Gasteiger partial charge is 0.496 e. The van der Waals surface area contributed by atoms with Crippen LogP contribution in [0.15, 0.2) is 28.7 Å². The Morgan fingerprint density at radius 2 is 1.95 bits per heavy atom. The number of ether oxygens (including phenoxy) is 1. The van der Waals surface area contributed by atoms with Crippen molar-refractivity contribution >= 4 is 38.5 Å². The lowest BCUT2D eigenvalue weighted by atomic mass is 9.94. The van der Waals surface area contributed by atoms with Crippen LogP contribution in [0.4, 0.5) is 4.39 Å². The van der Waals surface area contributed by atoms with Gasteiger partial charge in [-0.25, -0.2) is 4.39 Å². The second kappa shape index (κ2) is 6.62. The van der Waals surface area contributed by atoms with Crippen LogP contribution in [0.5, 0.6) is 5.75 Å². The monoisotopic (exact) mass is 464 g/mol. The van der Waals surface area contributed by atoms with Crippen LogP contribution in [0.25, 0.3) is 0 Å². The molecule has 0 spiro atoms. The average Bonchev–Trinajstić information content (AvgIpc) is 2.41. The van der Waals surface area contributed by atoms with E-state index in [0.717, 1.165) is 15.6 Å². The fourth-order valence-corrected chi connectivity index (χ4v) is 3.68. The van der Waals surface area contributed by atoms with E-state index in [1.165, 1.54) is 12.1 Å². The zero-order valence-electron chi connectivity index (χ0n) is 11.9. The summed E-state index contributed by atoms with van der Waals surface area (Å²) in [4.78, 5) is 0. The van der Waals surface area contributed by atoms with E-state index in [9.17, 15) is 9.50 Å². The van der Waals surface area contributed by atoms with E-state index in [-0.39, 0.29) is 5.82 Å². The predicted molar refractivity (Wildman–Crippen MR) is 93.3 cm³/mol. The molecule has 1 N–H and O–H groups in total. The maximum absolute atomic E-state index is 13.2. The van der Waals surface area contributed by atoms with Crippen molar-refractivity contribution in [2.75, 3.05) is 7.11 Å². The predicted octanol–water partition coefficient (Wildman–Crippen LogP) is 4.90. The summed E-state index contributed by atoms with van der Waals surface area (Å²) in [6.07, 6.45) is -0.872. The molecule has 0 aliphatic rings. The molecule has 0 aliphatic heterocycles. The van der Waals surface area contributed by atoms with Gasteiger partial charge >= 0.3 is 0 Å². The molecule has 2 aromatic rings. The van der Waals surface area contributed by atoms with Crippen molar-refractivity contribution in [1.82, 2.24) is 0 Å². The highest BCUT2D eigenvalue weighted by Gasteiger charge is 2.23. The number of benzene rings is 2. The third kappa shape index (κ3) is 3.24. The summed E-state index contributed by atoms with van der Waals surface area (Å²) in [5.74, 6) is 0.341. The zero-order chi connectivity index (χ0) is 15.7. The van der Waals surface area contributed by atoms with Gasteiger partial charge in [-0.3, -0.25) is 0 Å². The Labute approximate surface area is 145 Å². The summed E-state index contributed by atoms with van der Waals surface area (Å²) in [7, 11) is 1.58. The van der Waals surface area contributed by atoms with Gasteiger partial charge in [-0.15, -0.1) is 0 Å². The van der Waals surface area contributed by atoms with E-state index in [0.29, 0.717) is 20.4 Å². The number of aliphatic hydroxyl groups excluding tert-OH is 1. The molecule has 2 nitrogen and oxygen atoms in total. The number of halogens is 3. The number of rotatable bonds is 3. The molecule has 2 aromatic carbocycles. The maximum atomic E-state index is 13.2. The topological polar surface area (TPSA) is 29.5 Å². The van der Waals surface area contributed by atoms with E-state index >= 15 is 0 Å². The number of hydrogen-bond donors (Lipinski definition) is 1. The summed E-state index contributed by atoms with van der Waals surface area (Å²) >= 11 is 5.53. The van der Waals surface area contributed by atoms with Crippen LogP contribution in [0.2, 0.25) is 0 Å². The highest BCUT2D eigenvalue weighted by Crippen LogP contribution is 2.39. The van der Waals surface area contributed by atoms with Gasteiger partial charge in [0.2, 0.25) is 0 Å². The molecule has 2 rings (SSSR count). The normalized spacial score (nSPS) is 12.3. The molecular formula is C16H15BrFIO2. The summed E-state index contributed by atoms with van der Waals surface area (Å²) in [5.41, 5.74) is 3.20. The van der Waals surface area contributed by atoms with Crippen LogP contribution in [0.3, 0.4) is 0 Å². The average molecular weight is 465 g/mol. The Hall–Kier alpha value is -0.660. The van der Waals surface area contributed by atoms with Crippen molar-refractivity contribution in [2.24, 2.45) is 0 Å². The Balaban J connectivity index is 2.65. The van der Waals surface area contributed by atoms with Crippen molar-refractivity contribution in [3.8, 4) is 5.75 Å². The molecule has 1 atom stereocenters. The maximum Gasteiger partial charge on any atom is 0.128 e. The molecule has 0 aromatic heterocycles. The molecule has 1 unspecified atom stereocenters. The first-order valence-corrected chi connectivity index (χ1v) is 8.20. The lowest BCUT2D eigenvalue weighted by Gasteiger charge is -2.21. The van der Waals surface area contributed by atoms with E-state index in [2.05, 4.69) is 15.9 Å². The Morgan fingerprint density at radius 1 is 1.29 bits per heavy atom. The van der Waals surface area contributed by atoms with Crippen molar-refractivity contribution in [2.45, 2.75) is 20.0 Å². The van der Waals surface area contributed by atoms with E-state index in [1.807, 2.05) is 42.5 Å². The Kier molecular flexibility index (Phi) is 5.27. The molecule has 0 aliphatic carbocycles. The number of aryl methyl sites for hydroxylation is 1. The minimum atomic E-state index is -0.872. The van der Waals surface area contributed by atoms with Gasteiger partial charge in [0.05, 0.1) is 7.11 Å². The fraction of sp³-hybridized carbons (Fsp3) is 0.250. The molecule has 112 valence electrons. The van der Waals surface area contributed by atoms with Gasteiger partial charge in [-0.1, -0.05) is 22.0 Å². The van der Waals surface area contributed by atoms with E-state index in [1.54, 1.807) is 13.2 Å². The Bertz CT molecular complexity index is 688. The van der Waals surface area contributed by atoms with Crippen LogP contribution in [-0.2, 0) is 0 Å². The van der Waals surface area contributed by atoms with Crippen LogP contribution in [0, 0.1) is 23.2 Å². The van der Waals surface area contributed by atoms with Gasteiger partial charge in [0.15, 0.2) is 0 Å². The number of methoxy groups -OCH3 is 1. The van der Waals surface area contributed by atoms with Gasteiger partial charge in [0.1, 0.15) is 17.7 Å². The first-order valence-electron chi connectivity index (χ1n) is 6.33. The minimum absolute atomic E-state index is 0.315. The molecule has 21 heavy (non-hydrogen) atoms. The summed E-state index contributed by atoms with van der Waals surface area (Å²) in [5, 5.41) is 10.8. The van der Waals surface area contributed by atoms with Crippen molar-refractivity contribution in [1.29, 1.82) is 0 Å². The molecular weight excluding hydrogens is 450 g/mol. The van der Waals surface area contributed by atoms with Crippen molar-refractivity contribution < 1.29 is 14.2 Å². The van der Waals surface area contributed by atoms with Crippen LogP contribution < -0.4 is 4.74 Å². The van der Waals surface area contributed by atoms with Gasteiger partial charge in [0, 0.05) is 13.6 Å². The first-order chi connectivity index (χ1) is 9.86.